The van der Waals surface area contributed by atoms with Crippen LogP contribution in [0.15, 0.2) is 58.1 Å². The fourth-order valence-corrected chi connectivity index (χ4v) is 6.42. The first-order valence-electron chi connectivity index (χ1n) is 13.6. The predicted octanol–water partition coefficient (Wildman–Crippen LogP) is 4.26. The molecule has 0 unspecified atom stereocenters. The number of carbonyl (C=O) groups is 1. The Morgan fingerprint density at radius 3 is 2.54 bits per heavy atom. The maximum atomic E-state index is 14.6. The number of aromatic amines is 1. The van der Waals surface area contributed by atoms with Crippen LogP contribution in [0.5, 0.6) is 0 Å². The lowest BCUT2D eigenvalue weighted by molar-refractivity contribution is 0.0107. The van der Waals surface area contributed by atoms with E-state index in [1.807, 2.05) is 32.9 Å². The average Bonchev–Trinajstić information content (AvgIpc) is 3.31. The number of H-pyrrole nitrogens is 1. The monoisotopic (exact) mass is 554 g/mol. The van der Waals surface area contributed by atoms with Crippen LogP contribution in [0.1, 0.15) is 47.4 Å². The number of nitrogens with one attached hydrogen (secondary N) is 1. The molecule has 1 aliphatic carbocycles. The number of aryl methyl sites for hydroxylation is 2. The summed E-state index contributed by atoms with van der Waals surface area (Å²) in [5.74, 6) is -1.14. The van der Waals surface area contributed by atoms with E-state index in [4.69, 9.17) is 5.73 Å². The van der Waals surface area contributed by atoms with E-state index in [1.54, 1.807) is 18.2 Å². The summed E-state index contributed by atoms with van der Waals surface area (Å²) in [6.45, 7) is 5.46. The molecule has 210 valence electrons. The van der Waals surface area contributed by atoms with E-state index in [-0.39, 0.29) is 16.8 Å². The van der Waals surface area contributed by atoms with Gasteiger partial charge in [0.25, 0.3) is 11.5 Å². The van der Waals surface area contributed by atoms with Gasteiger partial charge in [0, 0.05) is 18.1 Å². The maximum Gasteiger partial charge on any atom is 0.335 e. The molecule has 2 heterocycles. The Bertz CT molecular complexity index is 2030. The lowest BCUT2D eigenvalue weighted by atomic mass is 9.77. The molecule has 0 radical (unpaired) electrons. The van der Waals surface area contributed by atoms with Gasteiger partial charge in [0.2, 0.25) is 0 Å². The van der Waals surface area contributed by atoms with Crippen LogP contribution in [0, 0.1) is 18.7 Å². The van der Waals surface area contributed by atoms with E-state index < -0.39 is 28.6 Å². The van der Waals surface area contributed by atoms with Crippen molar-refractivity contribution in [2.45, 2.75) is 45.6 Å². The molecule has 0 spiro atoms. The van der Waals surface area contributed by atoms with Gasteiger partial charge in [0.1, 0.15) is 5.82 Å². The molecule has 4 N–H and O–H groups in total. The highest BCUT2D eigenvalue weighted by Crippen LogP contribution is 2.42. The van der Waals surface area contributed by atoms with Crippen molar-refractivity contribution < 1.29 is 14.3 Å². The second kappa shape index (κ2) is 9.27. The zero-order valence-electron chi connectivity index (χ0n) is 23.3. The Morgan fingerprint density at radius 1 is 1.10 bits per heavy atom. The third kappa shape index (κ3) is 4.02. The van der Waals surface area contributed by atoms with E-state index in [0.717, 1.165) is 43.3 Å². The van der Waals surface area contributed by atoms with E-state index in [1.165, 1.54) is 25.2 Å². The molecule has 0 bridgehead atoms. The summed E-state index contributed by atoms with van der Waals surface area (Å²) in [5, 5.41) is 11.6. The van der Waals surface area contributed by atoms with E-state index >= 15 is 0 Å². The van der Waals surface area contributed by atoms with Crippen LogP contribution in [-0.2, 0) is 19.9 Å². The number of fused-ring (bicyclic) bond motifs is 4. The van der Waals surface area contributed by atoms with Crippen molar-refractivity contribution in [1.82, 2.24) is 14.1 Å². The molecule has 3 aromatic carbocycles. The molecule has 8 nitrogen and oxygen atoms in total. The molecule has 0 aliphatic heterocycles. The molecular formula is C32H31FN4O4. The number of hydrogen-bond acceptors (Lipinski definition) is 4. The molecular weight excluding hydrogens is 523 g/mol. The zero-order valence-corrected chi connectivity index (χ0v) is 23.3. The van der Waals surface area contributed by atoms with Gasteiger partial charge in [-0.15, -0.1) is 0 Å². The number of amides is 1. The lowest BCUT2D eigenvalue weighted by Crippen LogP contribution is -2.38. The van der Waals surface area contributed by atoms with Crippen LogP contribution >= 0.6 is 0 Å². The van der Waals surface area contributed by atoms with Crippen molar-refractivity contribution >= 4 is 27.7 Å². The molecule has 2 aromatic heterocycles. The third-order valence-corrected chi connectivity index (χ3v) is 8.68. The van der Waals surface area contributed by atoms with Crippen molar-refractivity contribution in [2.75, 3.05) is 0 Å². The molecule has 41 heavy (non-hydrogen) atoms. The lowest BCUT2D eigenvalue weighted by Gasteiger charge is -2.32. The smallest absolute Gasteiger partial charge is 0.335 e. The zero-order chi connectivity index (χ0) is 29.4. The number of benzene rings is 3. The fourth-order valence-electron chi connectivity index (χ4n) is 6.42. The van der Waals surface area contributed by atoms with Crippen molar-refractivity contribution in [3.8, 4) is 16.8 Å². The molecule has 9 heteroatoms. The van der Waals surface area contributed by atoms with Crippen molar-refractivity contribution in [3.63, 3.8) is 0 Å². The first-order chi connectivity index (χ1) is 19.4. The second-order valence-electron chi connectivity index (χ2n) is 11.5. The third-order valence-electron chi connectivity index (χ3n) is 8.68. The van der Waals surface area contributed by atoms with Gasteiger partial charge in [0.05, 0.1) is 33.3 Å². The first-order valence-corrected chi connectivity index (χ1v) is 13.6. The quantitative estimate of drug-likeness (QED) is 0.307. The molecule has 0 saturated carbocycles. The number of hydrogen-bond donors (Lipinski definition) is 3. The topological polar surface area (TPSA) is 123 Å². The van der Waals surface area contributed by atoms with Gasteiger partial charge < -0.3 is 15.8 Å². The summed E-state index contributed by atoms with van der Waals surface area (Å²) in [7, 11) is 1.45. The van der Waals surface area contributed by atoms with Crippen LogP contribution in [0.2, 0.25) is 0 Å². The van der Waals surface area contributed by atoms with E-state index in [0.29, 0.717) is 35.2 Å². The fraction of sp³-hybridized carbons (Fsp3) is 0.281. The highest BCUT2D eigenvalue weighted by molar-refractivity contribution is 6.11. The predicted molar refractivity (Wildman–Crippen MR) is 157 cm³/mol. The molecule has 6 rings (SSSR count). The number of halogens is 1. The van der Waals surface area contributed by atoms with Gasteiger partial charge in [-0.1, -0.05) is 24.3 Å². The summed E-state index contributed by atoms with van der Waals surface area (Å²) in [6.07, 6.45) is 2.11. The van der Waals surface area contributed by atoms with Crippen LogP contribution in [0.25, 0.3) is 38.6 Å². The summed E-state index contributed by atoms with van der Waals surface area (Å²) < 4.78 is 16.8. The summed E-state index contributed by atoms with van der Waals surface area (Å²) in [4.78, 5) is 42.8. The first kappa shape index (κ1) is 26.7. The minimum Gasteiger partial charge on any atom is -0.390 e. The molecule has 1 aliphatic rings. The van der Waals surface area contributed by atoms with Crippen LogP contribution in [0.3, 0.4) is 0 Å². The molecule has 5 aromatic rings. The SMILES string of the molecule is Cc1c(-c2ccc(C(N)=O)c3[nH]c4c(c23)CC[C@@H](C(C)(C)O)C4)cccc1-n1c(=O)c2cccc(F)c2n(C)c1=O. The van der Waals surface area contributed by atoms with Gasteiger partial charge in [-0.2, -0.15) is 0 Å². The minimum absolute atomic E-state index is 0.0420. The van der Waals surface area contributed by atoms with Crippen molar-refractivity contribution in [2.24, 2.45) is 18.7 Å². The highest BCUT2D eigenvalue weighted by Gasteiger charge is 2.33. The van der Waals surface area contributed by atoms with E-state index in [2.05, 4.69) is 4.98 Å². The number of aromatic nitrogens is 3. The largest absolute Gasteiger partial charge is 0.390 e. The number of primary amides is 1. The number of nitrogens with two attached hydrogens (primary N) is 1. The Kier molecular flexibility index (Phi) is 6.04. The van der Waals surface area contributed by atoms with Crippen LogP contribution < -0.4 is 17.0 Å². The summed E-state index contributed by atoms with van der Waals surface area (Å²) in [5.41, 5.74) is 9.32. The number of carbonyl (C=O) groups excluding carboxylic acids is 1. The Labute approximate surface area is 234 Å². The maximum absolute atomic E-state index is 14.6. The van der Waals surface area contributed by atoms with Gasteiger partial charge in [-0.25, -0.2) is 13.8 Å². The molecule has 0 saturated heterocycles. The number of rotatable bonds is 4. The highest BCUT2D eigenvalue weighted by atomic mass is 19.1. The molecule has 1 amide bonds. The normalized spacial score (nSPS) is 15.4. The van der Waals surface area contributed by atoms with Gasteiger partial charge in [-0.05, 0) is 92.5 Å². The summed E-state index contributed by atoms with van der Waals surface area (Å²) in [6, 6.07) is 13.1. The van der Waals surface area contributed by atoms with Crippen LogP contribution in [0.4, 0.5) is 4.39 Å². The second-order valence-corrected chi connectivity index (χ2v) is 11.5. The summed E-state index contributed by atoms with van der Waals surface area (Å²) >= 11 is 0. The van der Waals surface area contributed by atoms with Gasteiger partial charge in [0.15, 0.2) is 0 Å². The van der Waals surface area contributed by atoms with Crippen molar-refractivity contribution in [3.05, 3.63) is 97.6 Å². The average molecular weight is 555 g/mol. The minimum atomic E-state index is -0.850. The Hall–Kier alpha value is -4.50. The Balaban J connectivity index is 1.61. The number of para-hydroxylation sites is 1. The Morgan fingerprint density at radius 2 is 1.83 bits per heavy atom. The number of nitrogens with zero attached hydrogens (tertiary/aromatic N) is 2. The molecule has 0 fully saturated rings. The molecule has 1 atom stereocenters. The van der Waals surface area contributed by atoms with Crippen molar-refractivity contribution in [1.29, 1.82) is 0 Å². The van der Waals surface area contributed by atoms with Gasteiger partial charge in [-0.3, -0.25) is 14.2 Å². The van der Waals surface area contributed by atoms with Crippen LogP contribution in [-0.4, -0.2) is 30.7 Å². The van der Waals surface area contributed by atoms with E-state index in [9.17, 15) is 23.9 Å². The number of aliphatic hydroxyl groups is 1. The standard InChI is InChI=1S/C32H31FN4O4/c1-16-18(7-6-10-25(16)37-30(39)22-8-5-9-23(33)28(22)36(4)31(37)40)19-13-14-21(29(34)38)27-26(19)20-12-11-17(32(2,3)41)15-24(20)35-27/h5-10,13-14,17,35,41H,11-12,15H2,1-4H3,(H2,34,38)/t17-/m1/s1. The van der Waals surface area contributed by atoms with Gasteiger partial charge >= 0.3 is 5.69 Å².